The van der Waals surface area contributed by atoms with Gasteiger partial charge in [-0.3, -0.25) is 4.79 Å². The molecule has 6 nitrogen and oxygen atoms in total. The molecule has 3 aromatic rings. The van der Waals surface area contributed by atoms with E-state index in [4.69, 9.17) is 5.84 Å². The van der Waals surface area contributed by atoms with Crippen molar-refractivity contribution in [1.29, 1.82) is 0 Å². The SMILES string of the molecule is Nn1c(SCC(=O)N[C@@H]2CCCc3ccccc32)nnc1-c1ccccc1F. The van der Waals surface area contributed by atoms with Gasteiger partial charge in [0.25, 0.3) is 0 Å². The van der Waals surface area contributed by atoms with Crippen molar-refractivity contribution >= 4 is 17.7 Å². The van der Waals surface area contributed by atoms with E-state index >= 15 is 0 Å². The average molecular weight is 397 g/mol. The molecule has 0 bridgehead atoms. The summed E-state index contributed by atoms with van der Waals surface area (Å²) in [5.74, 6) is 5.87. The predicted molar refractivity (Wildman–Crippen MR) is 107 cm³/mol. The summed E-state index contributed by atoms with van der Waals surface area (Å²) in [5.41, 5.74) is 2.76. The van der Waals surface area contributed by atoms with Crippen molar-refractivity contribution in [3.8, 4) is 11.4 Å². The summed E-state index contributed by atoms with van der Waals surface area (Å²) < 4.78 is 15.2. The maximum absolute atomic E-state index is 14.0. The van der Waals surface area contributed by atoms with Crippen LogP contribution in [-0.4, -0.2) is 26.5 Å². The molecule has 0 aliphatic heterocycles. The minimum Gasteiger partial charge on any atom is -0.349 e. The van der Waals surface area contributed by atoms with Gasteiger partial charge < -0.3 is 11.2 Å². The van der Waals surface area contributed by atoms with Crippen LogP contribution in [0.2, 0.25) is 0 Å². The number of hydrogen-bond acceptors (Lipinski definition) is 5. The second-order valence-corrected chi connectivity index (χ2v) is 7.60. The van der Waals surface area contributed by atoms with E-state index in [0.717, 1.165) is 19.3 Å². The molecular weight excluding hydrogens is 377 g/mol. The number of halogens is 1. The molecule has 4 rings (SSSR count). The van der Waals surface area contributed by atoms with E-state index in [1.807, 2.05) is 12.1 Å². The Morgan fingerprint density at radius 2 is 2.00 bits per heavy atom. The van der Waals surface area contributed by atoms with Crippen molar-refractivity contribution < 1.29 is 9.18 Å². The van der Waals surface area contributed by atoms with E-state index in [9.17, 15) is 9.18 Å². The number of amides is 1. The number of nitrogens with two attached hydrogens (primary N) is 1. The van der Waals surface area contributed by atoms with Crippen LogP contribution in [-0.2, 0) is 11.2 Å². The van der Waals surface area contributed by atoms with Crippen LogP contribution in [0.5, 0.6) is 0 Å². The number of carbonyl (C=O) groups is 1. The van der Waals surface area contributed by atoms with E-state index in [1.54, 1.807) is 18.2 Å². The first kappa shape index (κ1) is 18.5. The highest BCUT2D eigenvalue weighted by atomic mass is 32.2. The summed E-state index contributed by atoms with van der Waals surface area (Å²) in [4.78, 5) is 12.4. The number of thioether (sulfide) groups is 1. The lowest BCUT2D eigenvalue weighted by Crippen LogP contribution is -2.32. The Hall–Kier alpha value is -2.87. The van der Waals surface area contributed by atoms with Gasteiger partial charge in [-0.25, -0.2) is 9.07 Å². The number of nitrogens with zero attached hydrogens (tertiary/aromatic N) is 3. The number of aryl methyl sites for hydroxylation is 1. The van der Waals surface area contributed by atoms with Crippen LogP contribution in [0.15, 0.2) is 53.7 Å². The summed E-state index contributed by atoms with van der Waals surface area (Å²) in [6, 6.07) is 14.5. The molecule has 2 aromatic carbocycles. The fraction of sp³-hybridized carbons (Fsp3) is 0.250. The predicted octanol–water partition coefficient (Wildman–Crippen LogP) is 3.08. The largest absolute Gasteiger partial charge is 0.349 e. The first-order chi connectivity index (χ1) is 13.6. The molecule has 1 amide bonds. The third-order valence-electron chi connectivity index (χ3n) is 4.82. The minimum atomic E-state index is -0.424. The van der Waals surface area contributed by atoms with E-state index in [2.05, 4.69) is 27.6 Å². The topological polar surface area (TPSA) is 85.8 Å². The molecule has 0 unspecified atom stereocenters. The first-order valence-electron chi connectivity index (χ1n) is 9.09. The number of benzene rings is 2. The molecule has 144 valence electrons. The van der Waals surface area contributed by atoms with Gasteiger partial charge in [-0.1, -0.05) is 48.2 Å². The van der Waals surface area contributed by atoms with Crippen LogP contribution >= 0.6 is 11.8 Å². The van der Waals surface area contributed by atoms with E-state index in [1.165, 1.54) is 33.6 Å². The van der Waals surface area contributed by atoms with E-state index in [-0.39, 0.29) is 29.1 Å². The number of carbonyl (C=O) groups excluding carboxylic acids is 1. The molecule has 0 spiro atoms. The normalized spacial score (nSPS) is 15.8. The van der Waals surface area contributed by atoms with Crippen LogP contribution in [0.25, 0.3) is 11.4 Å². The van der Waals surface area contributed by atoms with Gasteiger partial charge in [0.15, 0.2) is 5.82 Å². The molecular formula is C20H20FN5OS. The number of aromatic nitrogens is 3. The van der Waals surface area contributed by atoms with Crippen molar-refractivity contribution in [3.63, 3.8) is 0 Å². The molecule has 1 aromatic heterocycles. The number of nitrogens with one attached hydrogen (secondary N) is 1. The average Bonchev–Trinajstić information content (AvgIpc) is 3.07. The van der Waals surface area contributed by atoms with Gasteiger partial charge >= 0.3 is 0 Å². The van der Waals surface area contributed by atoms with Crippen molar-refractivity contribution in [2.45, 2.75) is 30.5 Å². The lowest BCUT2D eigenvalue weighted by Gasteiger charge is -2.26. The fourth-order valence-corrected chi connectivity index (χ4v) is 4.14. The second-order valence-electron chi connectivity index (χ2n) is 6.66. The van der Waals surface area contributed by atoms with Crippen LogP contribution < -0.4 is 11.2 Å². The zero-order chi connectivity index (χ0) is 19.5. The van der Waals surface area contributed by atoms with Crippen LogP contribution in [0.1, 0.15) is 30.0 Å². The van der Waals surface area contributed by atoms with Gasteiger partial charge in [-0.05, 0) is 42.5 Å². The van der Waals surface area contributed by atoms with Gasteiger partial charge in [0.1, 0.15) is 5.82 Å². The molecule has 0 fully saturated rings. The minimum absolute atomic E-state index is 0.0303. The molecule has 1 aliphatic rings. The Balaban J connectivity index is 1.41. The van der Waals surface area contributed by atoms with Gasteiger partial charge in [-0.2, -0.15) is 0 Å². The smallest absolute Gasteiger partial charge is 0.230 e. The monoisotopic (exact) mass is 397 g/mol. The Morgan fingerprint density at radius 1 is 1.21 bits per heavy atom. The number of fused-ring (bicyclic) bond motifs is 1. The summed E-state index contributed by atoms with van der Waals surface area (Å²) in [5, 5.41) is 11.4. The summed E-state index contributed by atoms with van der Waals surface area (Å²) >= 11 is 1.18. The molecule has 0 saturated carbocycles. The van der Waals surface area contributed by atoms with Gasteiger partial charge in [0.2, 0.25) is 11.1 Å². The third-order valence-corrected chi connectivity index (χ3v) is 5.76. The quantitative estimate of drug-likeness (QED) is 0.510. The molecule has 1 heterocycles. The lowest BCUT2D eigenvalue weighted by atomic mass is 9.88. The summed E-state index contributed by atoms with van der Waals surface area (Å²) in [7, 11) is 0. The molecule has 8 heteroatoms. The van der Waals surface area contributed by atoms with Gasteiger partial charge in [-0.15, -0.1) is 10.2 Å². The maximum Gasteiger partial charge on any atom is 0.230 e. The molecule has 3 N–H and O–H groups in total. The van der Waals surface area contributed by atoms with Gasteiger partial charge in [0.05, 0.1) is 17.4 Å². The lowest BCUT2D eigenvalue weighted by molar-refractivity contribution is -0.119. The van der Waals surface area contributed by atoms with Crippen molar-refractivity contribution in [2.75, 3.05) is 11.6 Å². The van der Waals surface area contributed by atoms with Crippen LogP contribution in [0.4, 0.5) is 4.39 Å². The second kappa shape index (κ2) is 8.02. The molecule has 0 radical (unpaired) electrons. The van der Waals surface area contributed by atoms with Crippen LogP contribution in [0, 0.1) is 5.82 Å². The van der Waals surface area contributed by atoms with Crippen molar-refractivity contribution in [2.24, 2.45) is 0 Å². The molecule has 1 atom stereocenters. The number of nitrogen functional groups attached to an aromatic ring is 1. The standard InChI is InChI=1S/C20H20FN5OS/c21-16-10-4-3-9-15(16)19-24-25-20(26(19)22)28-12-18(27)23-17-11-5-7-13-6-1-2-8-14(13)17/h1-4,6,8-10,17H,5,7,11-12,22H2,(H,23,27)/t17-/m1/s1. The van der Waals surface area contributed by atoms with E-state index < -0.39 is 5.82 Å². The maximum atomic E-state index is 14.0. The van der Waals surface area contributed by atoms with E-state index in [0.29, 0.717) is 5.16 Å². The van der Waals surface area contributed by atoms with Gasteiger partial charge in [0, 0.05) is 0 Å². The third kappa shape index (κ3) is 3.73. The Morgan fingerprint density at radius 3 is 2.86 bits per heavy atom. The molecule has 28 heavy (non-hydrogen) atoms. The zero-order valence-corrected chi connectivity index (χ0v) is 16.0. The molecule has 0 saturated heterocycles. The van der Waals surface area contributed by atoms with Crippen molar-refractivity contribution in [3.05, 3.63) is 65.5 Å². The highest BCUT2D eigenvalue weighted by molar-refractivity contribution is 7.99. The Kier molecular flexibility index (Phi) is 5.29. The summed E-state index contributed by atoms with van der Waals surface area (Å²) in [6.07, 6.45) is 3.03. The number of rotatable bonds is 5. The van der Waals surface area contributed by atoms with Crippen LogP contribution in [0.3, 0.4) is 0 Å². The highest BCUT2D eigenvalue weighted by Gasteiger charge is 2.22. The fourth-order valence-electron chi connectivity index (χ4n) is 3.47. The molecule has 1 aliphatic carbocycles. The highest BCUT2D eigenvalue weighted by Crippen LogP contribution is 2.30. The number of hydrogen-bond donors (Lipinski definition) is 2. The zero-order valence-electron chi connectivity index (χ0n) is 15.1. The van der Waals surface area contributed by atoms with Crippen molar-refractivity contribution in [1.82, 2.24) is 20.2 Å². The summed E-state index contributed by atoms with van der Waals surface area (Å²) in [6.45, 7) is 0. The first-order valence-corrected chi connectivity index (χ1v) is 10.1. The Bertz CT molecular complexity index is 1010. The Labute approximate surface area is 166 Å².